The fraction of sp³-hybridized carbons (Fsp3) is 0.0556. The second kappa shape index (κ2) is 6.97. The van der Waals surface area contributed by atoms with Gasteiger partial charge in [-0.2, -0.15) is 0 Å². The lowest BCUT2D eigenvalue weighted by molar-refractivity contribution is -0.122. The standard InChI is InChI=1S/C18H12ClFN2O4/c1-26-15-7-6-11(19)8-10(15)9-12-16(23)21-18(25)22(17(12)24)14-5-3-2-4-13(14)20/h2-9H,1H3,(H,21,23,25)/b12-9+. The molecule has 1 fully saturated rings. The highest BCUT2D eigenvalue weighted by molar-refractivity contribution is 6.39. The van der Waals surface area contributed by atoms with E-state index in [0.29, 0.717) is 21.2 Å². The van der Waals surface area contributed by atoms with Crippen molar-refractivity contribution in [1.29, 1.82) is 0 Å². The van der Waals surface area contributed by atoms with Crippen LogP contribution < -0.4 is 15.0 Å². The van der Waals surface area contributed by atoms with Crippen molar-refractivity contribution in [1.82, 2.24) is 5.32 Å². The van der Waals surface area contributed by atoms with Crippen molar-refractivity contribution in [3.63, 3.8) is 0 Å². The molecule has 0 aromatic heterocycles. The van der Waals surface area contributed by atoms with Gasteiger partial charge in [0.25, 0.3) is 11.8 Å². The minimum atomic E-state index is -1.03. The highest BCUT2D eigenvalue weighted by atomic mass is 35.5. The summed E-state index contributed by atoms with van der Waals surface area (Å²) in [6, 6.07) is 8.89. The van der Waals surface area contributed by atoms with E-state index < -0.39 is 23.7 Å². The number of imide groups is 2. The summed E-state index contributed by atoms with van der Waals surface area (Å²) in [6.45, 7) is 0. The van der Waals surface area contributed by atoms with Gasteiger partial charge in [-0.15, -0.1) is 0 Å². The van der Waals surface area contributed by atoms with Crippen molar-refractivity contribution in [3.8, 4) is 5.75 Å². The lowest BCUT2D eigenvalue weighted by Gasteiger charge is -2.26. The summed E-state index contributed by atoms with van der Waals surface area (Å²) in [6.07, 6.45) is 1.24. The predicted molar refractivity (Wildman–Crippen MR) is 93.4 cm³/mol. The largest absolute Gasteiger partial charge is 0.496 e. The third kappa shape index (κ3) is 3.16. The molecule has 1 aliphatic heterocycles. The minimum Gasteiger partial charge on any atom is -0.496 e. The predicted octanol–water partition coefficient (Wildman–Crippen LogP) is 3.15. The maximum absolute atomic E-state index is 14.0. The Balaban J connectivity index is 2.09. The molecule has 2 aromatic carbocycles. The normalized spacial score (nSPS) is 16.0. The van der Waals surface area contributed by atoms with Crippen molar-refractivity contribution in [3.05, 3.63) is 64.4 Å². The number of amides is 4. The number of barbiturate groups is 1. The average Bonchev–Trinajstić information content (AvgIpc) is 2.60. The van der Waals surface area contributed by atoms with Crippen LogP contribution in [0, 0.1) is 5.82 Å². The number of anilines is 1. The highest BCUT2D eigenvalue weighted by Gasteiger charge is 2.38. The molecule has 0 radical (unpaired) electrons. The number of benzene rings is 2. The lowest BCUT2D eigenvalue weighted by Crippen LogP contribution is -2.54. The molecule has 26 heavy (non-hydrogen) atoms. The SMILES string of the molecule is COc1ccc(Cl)cc1/C=C1\C(=O)NC(=O)N(c2ccccc2F)C1=O. The van der Waals surface area contributed by atoms with Gasteiger partial charge in [0.05, 0.1) is 12.8 Å². The zero-order valence-corrected chi connectivity index (χ0v) is 14.2. The van der Waals surface area contributed by atoms with Crippen LogP contribution in [0.25, 0.3) is 6.08 Å². The number of carbonyl (C=O) groups is 3. The summed E-state index contributed by atoms with van der Waals surface area (Å²) in [5.74, 6) is -2.25. The first-order chi connectivity index (χ1) is 12.4. The second-order valence-corrected chi connectivity index (χ2v) is 5.73. The summed E-state index contributed by atoms with van der Waals surface area (Å²) in [5.41, 5.74) is -0.249. The van der Waals surface area contributed by atoms with E-state index in [1.807, 2.05) is 5.32 Å². The smallest absolute Gasteiger partial charge is 0.336 e. The number of rotatable bonds is 3. The van der Waals surface area contributed by atoms with Crippen molar-refractivity contribution in [2.75, 3.05) is 12.0 Å². The molecule has 2 aromatic rings. The van der Waals surface area contributed by atoms with Gasteiger partial charge in [-0.1, -0.05) is 23.7 Å². The maximum Gasteiger partial charge on any atom is 0.336 e. The van der Waals surface area contributed by atoms with E-state index in [1.165, 1.54) is 37.5 Å². The number of hydrogen-bond acceptors (Lipinski definition) is 4. The van der Waals surface area contributed by atoms with Crippen LogP contribution in [-0.2, 0) is 9.59 Å². The van der Waals surface area contributed by atoms with Crippen LogP contribution in [0.15, 0.2) is 48.0 Å². The quantitative estimate of drug-likeness (QED) is 0.661. The van der Waals surface area contributed by atoms with Gasteiger partial charge in [-0.05, 0) is 36.4 Å². The Morgan fingerprint density at radius 2 is 1.88 bits per heavy atom. The lowest BCUT2D eigenvalue weighted by atomic mass is 10.1. The molecule has 132 valence electrons. The van der Waals surface area contributed by atoms with E-state index in [4.69, 9.17) is 16.3 Å². The highest BCUT2D eigenvalue weighted by Crippen LogP contribution is 2.28. The fourth-order valence-electron chi connectivity index (χ4n) is 2.48. The Hall–Kier alpha value is -3.19. The zero-order chi connectivity index (χ0) is 18.8. The number of carbonyl (C=O) groups excluding carboxylic acids is 3. The van der Waals surface area contributed by atoms with Gasteiger partial charge in [0.2, 0.25) is 0 Å². The molecular weight excluding hydrogens is 363 g/mol. The van der Waals surface area contributed by atoms with Crippen LogP contribution in [0.3, 0.4) is 0 Å². The van der Waals surface area contributed by atoms with Crippen molar-refractivity contribution in [2.24, 2.45) is 0 Å². The molecule has 1 aliphatic rings. The molecule has 8 heteroatoms. The van der Waals surface area contributed by atoms with Crippen molar-refractivity contribution in [2.45, 2.75) is 0 Å². The van der Waals surface area contributed by atoms with Crippen LogP contribution >= 0.6 is 11.6 Å². The molecule has 0 aliphatic carbocycles. The van der Waals surface area contributed by atoms with E-state index in [0.717, 1.165) is 6.07 Å². The molecule has 1 N–H and O–H groups in total. The summed E-state index contributed by atoms with van der Waals surface area (Å²) < 4.78 is 19.2. The van der Waals surface area contributed by atoms with E-state index >= 15 is 0 Å². The third-order valence-corrected chi connectivity index (χ3v) is 3.92. The van der Waals surface area contributed by atoms with Gasteiger partial charge in [-0.25, -0.2) is 14.1 Å². The first-order valence-electron chi connectivity index (χ1n) is 7.42. The van der Waals surface area contributed by atoms with Crippen LogP contribution in [0.4, 0.5) is 14.9 Å². The fourth-order valence-corrected chi connectivity index (χ4v) is 2.66. The Morgan fingerprint density at radius 3 is 2.58 bits per heavy atom. The number of halogens is 2. The van der Waals surface area contributed by atoms with Crippen LogP contribution in [-0.4, -0.2) is 25.0 Å². The van der Waals surface area contributed by atoms with E-state index in [1.54, 1.807) is 12.1 Å². The molecule has 1 heterocycles. The van der Waals surface area contributed by atoms with E-state index in [-0.39, 0.29) is 11.3 Å². The number of para-hydroxylation sites is 1. The summed E-state index contributed by atoms with van der Waals surface area (Å²) in [5, 5.41) is 2.39. The Kier molecular flexibility index (Phi) is 4.73. The van der Waals surface area contributed by atoms with Crippen molar-refractivity contribution < 1.29 is 23.5 Å². The number of hydrogen-bond donors (Lipinski definition) is 1. The number of nitrogens with zero attached hydrogens (tertiary/aromatic N) is 1. The summed E-state index contributed by atoms with van der Waals surface area (Å²) in [4.78, 5) is 37.5. The van der Waals surface area contributed by atoms with Gasteiger partial charge in [0.15, 0.2) is 0 Å². The number of methoxy groups -OCH3 is 1. The molecule has 0 spiro atoms. The Bertz CT molecular complexity index is 958. The zero-order valence-electron chi connectivity index (χ0n) is 13.5. The average molecular weight is 375 g/mol. The monoisotopic (exact) mass is 374 g/mol. The van der Waals surface area contributed by atoms with Gasteiger partial charge in [0, 0.05) is 10.6 Å². The summed E-state index contributed by atoms with van der Waals surface area (Å²) >= 11 is 5.95. The topological polar surface area (TPSA) is 75.7 Å². The van der Waals surface area contributed by atoms with Gasteiger partial charge < -0.3 is 4.74 Å². The van der Waals surface area contributed by atoms with Gasteiger partial charge >= 0.3 is 6.03 Å². The molecule has 4 amide bonds. The minimum absolute atomic E-state index is 0.258. The second-order valence-electron chi connectivity index (χ2n) is 5.30. The molecule has 0 saturated carbocycles. The van der Waals surface area contributed by atoms with Crippen LogP contribution in [0.5, 0.6) is 5.75 Å². The first-order valence-corrected chi connectivity index (χ1v) is 7.79. The number of nitrogens with one attached hydrogen (secondary N) is 1. The molecule has 1 saturated heterocycles. The van der Waals surface area contributed by atoms with Gasteiger partial charge in [0.1, 0.15) is 17.1 Å². The molecule has 6 nitrogen and oxygen atoms in total. The number of ether oxygens (including phenoxy) is 1. The first kappa shape index (κ1) is 17.6. The Labute approximate surface area is 152 Å². The van der Waals surface area contributed by atoms with E-state index in [9.17, 15) is 18.8 Å². The molecule has 0 bridgehead atoms. The molecular formula is C18H12ClFN2O4. The molecule has 0 atom stereocenters. The maximum atomic E-state index is 14.0. The molecule has 0 unspecified atom stereocenters. The van der Waals surface area contributed by atoms with Crippen LogP contribution in [0.1, 0.15) is 5.56 Å². The van der Waals surface area contributed by atoms with Crippen LogP contribution in [0.2, 0.25) is 5.02 Å². The third-order valence-electron chi connectivity index (χ3n) is 3.69. The summed E-state index contributed by atoms with van der Waals surface area (Å²) in [7, 11) is 1.42. The molecule has 3 rings (SSSR count). The number of urea groups is 1. The Morgan fingerprint density at radius 1 is 1.15 bits per heavy atom. The van der Waals surface area contributed by atoms with E-state index in [2.05, 4.69) is 0 Å². The van der Waals surface area contributed by atoms with Gasteiger partial charge in [-0.3, -0.25) is 14.9 Å². The van der Waals surface area contributed by atoms with Crippen molar-refractivity contribution >= 4 is 41.2 Å².